The van der Waals surface area contributed by atoms with Crippen molar-refractivity contribution in [2.24, 2.45) is 5.92 Å². The van der Waals surface area contributed by atoms with E-state index in [0.717, 1.165) is 0 Å². The van der Waals surface area contributed by atoms with Crippen LogP contribution >= 0.6 is 0 Å². The number of alkyl halides is 3. The molecule has 0 unspecified atom stereocenters. The minimum atomic E-state index is -4.66. The van der Waals surface area contributed by atoms with E-state index in [4.69, 9.17) is 5.11 Å². The number of hydrogen-bond donors (Lipinski definition) is 3. The first-order valence-electron chi connectivity index (χ1n) is 7.04. The van der Waals surface area contributed by atoms with Crippen LogP contribution in [0.1, 0.15) is 26.7 Å². The zero-order valence-electron chi connectivity index (χ0n) is 12.6. The number of carbonyl (C=O) groups excluding carboxylic acids is 2. The molecule has 0 saturated carbocycles. The quantitative estimate of drug-likeness (QED) is 0.556. The monoisotopic (exact) mass is 340 g/mol. The van der Waals surface area contributed by atoms with Crippen LogP contribution in [-0.2, 0) is 19.1 Å². The summed E-state index contributed by atoms with van der Waals surface area (Å²) in [4.78, 5) is 34.0. The Morgan fingerprint density at radius 1 is 1.22 bits per heavy atom. The van der Waals surface area contributed by atoms with E-state index in [1.807, 2.05) is 19.2 Å². The number of hydrogen-bond acceptors (Lipinski definition) is 4. The van der Waals surface area contributed by atoms with Crippen molar-refractivity contribution < 1.29 is 37.4 Å². The second kappa shape index (κ2) is 7.62. The number of halogens is 3. The SMILES string of the molecule is CC(C)CCNC(=O)[C@H](CC(F)(F)F)NC(=O)[C@H]1O[C@@H]1C(=O)O. The molecule has 0 aromatic carbocycles. The third-order valence-electron chi connectivity index (χ3n) is 3.08. The van der Waals surface area contributed by atoms with Gasteiger partial charge >= 0.3 is 12.1 Å². The van der Waals surface area contributed by atoms with Gasteiger partial charge in [0.25, 0.3) is 5.91 Å². The molecule has 0 aromatic rings. The van der Waals surface area contributed by atoms with Gasteiger partial charge in [0.1, 0.15) is 6.04 Å². The van der Waals surface area contributed by atoms with E-state index in [-0.39, 0.29) is 12.5 Å². The van der Waals surface area contributed by atoms with Crippen LogP contribution in [0.15, 0.2) is 0 Å². The largest absolute Gasteiger partial charge is 0.479 e. The Hall–Kier alpha value is -1.84. The Bertz CT molecular complexity index is 467. The summed E-state index contributed by atoms with van der Waals surface area (Å²) in [5, 5.41) is 12.8. The van der Waals surface area contributed by atoms with Crippen LogP contribution in [0.3, 0.4) is 0 Å². The highest BCUT2D eigenvalue weighted by atomic mass is 19.4. The maximum atomic E-state index is 12.5. The van der Waals surface area contributed by atoms with Gasteiger partial charge in [0.2, 0.25) is 5.91 Å². The molecule has 10 heteroatoms. The average molecular weight is 340 g/mol. The molecule has 3 atom stereocenters. The van der Waals surface area contributed by atoms with Crippen molar-refractivity contribution >= 4 is 17.8 Å². The zero-order chi connectivity index (χ0) is 17.8. The lowest BCUT2D eigenvalue weighted by atomic mass is 10.1. The van der Waals surface area contributed by atoms with E-state index < -0.39 is 48.6 Å². The van der Waals surface area contributed by atoms with E-state index in [9.17, 15) is 27.6 Å². The smallest absolute Gasteiger partial charge is 0.391 e. The van der Waals surface area contributed by atoms with Gasteiger partial charge in [0, 0.05) is 6.54 Å². The Balaban J connectivity index is 2.60. The highest BCUT2D eigenvalue weighted by Gasteiger charge is 2.51. The summed E-state index contributed by atoms with van der Waals surface area (Å²) in [5.74, 6) is -3.16. The maximum Gasteiger partial charge on any atom is 0.391 e. The molecule has 132 valence electrons. The Morgan fingerprint density at radius 2 is 1.83 bits per heavy atom. The van der Waals surface area contributed by atoms with Crippen LogP contribution in [0, 0.1) is 5.92 Å². The van der Waals surface area contributed by atoms with E-state index >= 15 is 0 Å². The van der Waals surface area contributed by atoms with Gasteiger partial charge in [-0.05, 0) is 12.3 Å². The molecule has 0 aliphatic carbocycles. The Labute approximate surface area is 130 Å². The lowest BCUT2D eigenvalue weighted by Crippen LogP contribution is -2.50. The molecule has 1 aliphatic heterocycles. The van der Waals surface area contributed by atoms with Gasteiger partial charge in [-0.1, -0.05) is 13.8 Å². The molecule has 0 bridgehead atoms. The lowest BCUT2D eigenvalue weighted by Gasteiger charge is -2.19. The second-order valence-corrected chi connectivity index (χ2v) is 5.67. The van der Waals surface area contributed by atoms with Gasteiger partial charge in [0.15, 0.2) is 12.2 Å². The second-order valence-electron chi connectivity index (χ2n) is 5.67. The number of carboxylic acids is 1. The van der Waals surface area contributed by atoms with Crippen molar-refractivity contribution in [3.05, 3.63) is 0 Å². The summed E-state index contributed by atoms with van der Waals surface area (Å²) in [5.41, 5.74) is 0. The molecule has 0 aromatic heterocycles. The van der Waals surface area contributed by atoms with Crippen molar-refractivity contribution in [1.29, 1.82) is 0 Å². The normalized spacial score (nSPS) is 21.7. The molecular weight excluding hydrogens is 321 g/mol. The number of carbonyl (C=O) groups is 3. The van der Waals surface area contributed by atoms with Crippen LogP contribution in [0.4, 0.5) is 13.2 Å². The molecule has 1 saturated heterocycles. The summed E-state index contributed by atoms with van der Waals surface area (Å²) in [6.45, 7) is 3.95. The molecule has 2 amide bonds. The molecule has 23 heavy (non-hydrogen) atoms. The molecule has 3 N–H and O–H groups in total. The van der Waals surface area contributed by atoms with E-state index in [2.05, 4.69) is 10.1 Å². The minimum Gasteiger partial charge on any atom is -0.479 e. The van der Waals surface area contributed by atoms with Crippen LogP contribution in [-0.4, -0.2) is 53.9 Å². The van der Waals surface area contributed by atoms with Gasteiger partial charge in [-0.2, -0.15) is 13.2 Å². The topological polar surface area (TPSA) is 108 Å². The number of aliphatic carboxylic acids is 1. The summed E-state index contributed by atoms with van der Waals surface area (Å²) >= 11 is 0. The molecule has 1 aliphatic rings. The predicted octanol–water partition coefficient (Wildman–Crippen LogP) is 0.438. The molecular formula is C13H19F3N2O5. The fourth-order valence-corrected chi connectivity index (χ4v) is 1.80. The molecule has 1 fully saturated rings. The standard InChI is InChI=1S/C13H19F3N2O5/c1-6(2)3-4-17-10(19)7(5-13(14,15)16)18-11(20)8-9(23-8)12(21)22/h6-9H,3-5H2,1-2H3,(H,17,19)(H,18,20)(H,21,22)/t7-,8-,9-/m0/s1. The number of rotatable bonds is 8. The molecule has 7 nitrogen and oxygen atoms in total. The number of ether oxygens (including phenoxy) is 1. The zero-order valence-corrected chi connectivity index (χ0v) is 12.6. The Morgan fingerprint density at radius 3 is 2.26 bits per heavy atom. The van der Waals surface area contributed by atoms with Gasteiger partial charge in [0.05, 0.1) is 6.42 Å². The van der Waals surface area contributed by atoms with Crippen LogP contribution in [0.5, 0.6) is 0 Å². The highest BCUT2D eigenvalue weighted by molar-refractivity contribution is 5.95. The van der Waals surface area contributed by atoms with Crippen LogP contribution in [0.2, 0.25) is 0 Å². The van der Waals surface area contributed by atoms with Gasteiger partial charge < -0.3 is 20.5 Å². The van der Waals surface area contributed by atoms with Crippen molar-refractivity contribution in [2.75, 3.05) is 6.54 Å². The summed E-state index contributed by atoms with van der Waals surface area (Å²) in [6, 6.07) is -1.83. The fourth-order valence-electron chi connectivity index (χ4n) is 1.80. The Kier molecular flexibility index (Phi) is 6.37. The van der Waals surface area contributed by atoms with Crippen LogP contribution < -0.4 is 10.6 Å². The van der Waals surface area contributed by atoms with Crippen molar-refractivity contribution in [3.63, 3.8) is 0 Å². The average Bonchev–Trinajstić information content (AvgIpc) is 3.15. The van der Waals surface area contributed by atoms with Gasteiger partial charge in [-0.3, -0.25) is 9.59 Å². The third-order valence-corrected chi connectivity index (χ3v) is 3.08. The summed E-state index contributed by atoms with van der Waals surface area (Å²) in [6.07, 6.45) is -8.39. The van der Waals surface area contributed by atoms with Gasteiger partial charge in [-0.15, -0.1) is 0 Å². The van der Waals surface area contributed by atoms with Crippen molar-refractivity contribution in [3.8, 4) is 0 Å². The minimum absolute atomic E-state index is 0.179. The number of epoxide rings is 1. The molecule has 1 rings (SSSR count). The maximum absolute atomic E-state index is 12.5. The van der Waals surface area contributed by atoms with Crippen molar-refractivity contribution in [2.45, 2.75) is 51.1 Å². The van der Waals surface area contributed by atoms with E-state index in [0.29, 0.717) is 6.42 Å². The first-order chi connectivity index (χ1) is 10.5. The third kappa shape index (κ3) is 6.85. The number of amides is 2. The fraction of sp³-hybridized carbons (Fsp3) is 0.769. The molecule has 0 spiro atoms. The van der Waals surface area contributed by atoms with E-state index in [1.165, 1.54) is 0 Å². The lowest BCUT2D eigenvalue weighted by molar-refractivity contribution is -0.151. The highest BCUT2D eigenvalue weighted by Crippen LogP contribution is 2.25. The van der Waals surface area contributed by atoms with Crippen LogP contribution in [0.25, 0.3) is 0 Å². The number of nitrogens with one attached hydrogen (secondary N) is 2. The predicted molar refractivity (Wildman–Crippen MR) is 71.4 cm³/mol. The first-order valence-corrected chi connectivity index (χ1v) is 7.04. The van der Waals surface area contributed by atoms with Crippen molar-refractivity contribution in [1.82, 2.24) is 10.6 Å². The first kappa shape index (κ1) is 19.2. The van der Waals surface area contributed by atoms with E-state index in [1.54, 1.807) is 0 Å². The van der Waals surface area contributed by atoms with Gasteiger partial charge in [-0.25, -0.2) is 4.79 Å². The molecule has 1 heterocycles. The summed E-state index contributed by atoms with van der Waals surface area (Å²) < 4.78 is 42.1. The number of carboxylic acid groups (broad SMARTS) is 1. The summed E-state index contributed by atoms with van der Waals surface area (Å²) in [7, 11) is 0. The molecule has 0 radical (unpaired) electrons.